The third-order valence-electron chi connectivity index (χ3n) is 6.64. The van der Waals surface area contributed by atoms with E-state index in [0.29, 0.717) is 32.3 Å². The minimum atomic E-state index is -0.944. The Hall–Kier alpha value is -3.73. The van der Waals surface area contributed by atoms with E-state index in [1.165, 1.54) is 38.4 Å². The van der Waals surface area contributed by atoms with E-state index in [4.69, 9.17) is 23.7 Å². The van der Waals surface area contributed by atoms with Gasteiger partial charge in [-0.3, -0.25) is 9.59 Å². The molecule has 3 rings (SSSR count). The van der Waals surface area contributed by atoms with Gasteiger partial charge in [0.2, 0.25) is 6.79 Å². The molecule has 0 saturated carbocycles. The maximum absolute atomic E-state index is 13.5. The predicted molar refractivity (Wildman–Crippen MR) is 142 cm³/mol. The zero-order valence-electron chi connectivity index (χ0n) is 23.3. The van der Waals surface area contributed by atoms with Crippen LogP contribution < -0.4 is 14.8 Å². The first-order chi connectivity index (χ1) is 19.2. The lowest BCUT2D eigenvalue weighted by Gasteiger charge is -2.31. The Bertz CT molecular complexity index is 1140. The van der Waals surface area contributed by atoms with Gasteiger partial charge in [-0.1, -0.05) is 19.1 Å². The molecule has 1 aliphatic rings. The summed E-state index contributed by atoms with van der Waals surface area (Å²) in [5.41, 5.74) is 0.777. The van der Waals surface area contributed by atoms with Crippen LogP contribution >= 0.6 is 0 Å². The number of ether oxygens (including phenoxy) is 5. The van der Waals surface area contributed by atoms with Crippen molar-refractivity contribution in [3.8, 4) is 11.5 Å². The molecule has 1 fully saturated rings. The van der Waals surface area contributed by atoms with E-state index in [9.17, 15) is 18.8 Å². The molecule has 2 aromatic rings. The zero-order chi connectivity index (χ0) is 29.1. The molecule has 2 heterocycles. The molecule has 0 radical (unpaired) electrons. The van der Waals surface area contributed by atoms with E-state index in [-0.39, 0.29) is 35.0 Å². The standard InChI is InChI=1S/C29H37FN2O8/c1-5-15-37-24-8-6-7-23(29(35)40-18(2)22(24)16-20-9-11-21(30)12-10-20)32-28(34)26-27(39-17-38-19(3)33)25(36-4)13-14-31-26/h9-14,18,22-24H,5-8,15-17H2,1-4H3,(H,32,34)/t18-,22-,23-,24-/m0/s1. The molecule has 1 aromatic carbocycles. The number of hydrogen-bond donors (Lipinski definition) is 1. The van der Waals surface area contributed by atoms with Gasteiger partial charge in [0.1, 0.15) is 18.0 Å². The van der Waals surface area contributed by atoms with Crippen molar-refractivity contribution >= 4 is 17.8 Å². The summed E-state index contributed by atoms with van der Waals surface area (Å²) < 4.78 is 41.1. The SMILES string of the molecule is CCCO[C@H]1CCC[C@H](NC(=O)c2nccc(OC)c2OCOC(C)=O)C(=O)O[C@@H](C)[C@@H]1Cc1ccc(F)cc1. The molecule has 0 bridgehead atoms. The Labute approximate surface area is 233 Å². The Kier molecular flexibility index (Phi) is 11.7. The highest BCUT2D eigenvalue weighted by Gasteiger charge is 2.35. The fraction of sp³-hybridized carbons (Fsp3) is 0.517. The molecule has 1 aromatic heterocycles. The Morgan fingerprint density at radius 2 is 1.93 bits per heavy atom. The zero-order valence-corrected chi connectivity index (χ0v) is 23.3. The first kappa shape index (κ1) is 30.8. The van der Waals surface area contributed by atoms with Crippen LogP contribution in [0.2, 0.25) is 0 Å². The lowest BCUT2D eigenvalue weighted by molar-refractivity contribution is -0.155. The van der Waals surface area contributed by atoms with Crippen LogP contribution in [-0.2, 0) is 30.2 Å². The highest BCUT2D eigenvalue weighted by molar-refractivity contribution is 5.98. The topological polar surface area (TPSA) is 122 Å². The molecule has 1 amide bonds. The molecule has 1 saturated heterocycles. The van der Waals surface area contributed by atoms with Gasteiger partial charge in [0.25, 0.3) is 5.91 Å². The summed E-state index contributed by atoms with van der Waals surface area (Å²) in [5.74, 6) is -2.12. The number of pyridine rings is 1. The van der Waals surface area contributed by atoms with Gasteiger partial charge in [0.15, 0.2) is 17.2 Å². The Morgan fingerprint density at radius 3 is 2.60 bits per heavy atom. The average molecular weight is 561 g/mol. The van der Waals surface area contributed by atoms with Crippen molar-refractivity contribution in [1.29, 1.82) is 0 Å². The normalized spacial score (nSPS) is 21.3. The maximum atomic E-state index is 13.5. The summed E-state index contributed by atoms with van der Waals surface area (Å²) in [4.78, 5) is 41.8. The second-order valence-electron chi connectivity index (χ2n) is 9.59. The summed E-state index contributed by atoms with van der Waals surface area (Å²) in [7, 11) is 1.39. The second kappa shape index (κ2) is 15.2. The molecule has 10 nitrogen and oxygen atoms in total. The van der Waals surface area contributed by atoms with E-state index < -0.39 is 36.8 Å². The highest BCUT2D eigenvalue weighted by Crippen LogP contribution is 2.31. The lowest BCUT2D eigenvalue weighted by Crippen LogP contribution is -2.44. The minimum Gasteiger partial charge on any atom is -0.493 e. The highest BCUT2D eigenvalue weighted by atomic mass is 19.1. The molecule has 1 aliphatic heterocycles. The van der Waals surface area contributed by atoms with Crippen molar-refractivity contribution in [3.63, 3.8) is 0 Å². The fourth-order valence-electron chi connectivity index (χ4n) is 4.60. The van der Waals surface area contributed by atoms with Crippen LogP contribution in [0.5, 0.6) is 11.5 Å². The Morgan fingerprint density at radius 1 is 1.18 bits per heavy atom. The number of rotatable bonds is 11. The number of amides is 1. The fourth-order valence-corrected chi connectivity index (χ4v) is 4.60. The smallest absolute Gasteiger partial charge is 0.328 e. The van der Waals surface area contributed by atoms with Crippen molar-refractivity contribution in [2.75, 3.05) is 20.5 Å². The van der Waals surface area contributed by atoms with Gasteiger partial charge < -0.3 is 29.0 Å². The van der Waals surface area contributed by atoms with Gasteiger partial charge in [0.05, 0.1) is 13.2 Å². The van der Waals surface area contributed by atoms with Gasteiger partial charge in [-0.2, -0.15) is 0 Å². The maximum Gasteiger partial charge on any atom is 0.328 e. The minimum absolute atomic E-state index is 0.0269. The third-order valence-corrected chi connectivity index (χ3v) is 6.64. The number of methoxy groups -OCH3 is 1. The summed E-state index contributed by atoms with van der Waals surface area (Å²) in [6.07, 6.45) is 3.57. The monoisotopic (exact) mass is 560 g/mol. The van der Waals surface area contributed by atoms with Crippen molar-refractivity contribution in [3.05, 3.63) is 53.6 Å². The molecule has 0 aliphatic carbocycles. The van der Waals surface area contributed by atoms with Crippen molar-refractivity contribution < 1.29 is 42.5 Å². The van der Waals surface area contributed by atoms with Gasteiger partial charge in [0, 0.05) is 31.7 Å². The molecule has 40 heavy (non-hydrogen) atoms. The molecule has 1 N–H and O–H groups in total. The van der Waals surface area contributed by atoms with Gasteiger partial charge >= 0.3 is 11.9 Å². The molecule has 218 valence electrons. The van der Waals surface area contributed by atoms with E-state index in [1.54, 1.807) is 12.1 Å². The first-order valence-electron chi connectivity index (χ1n) is 13.4. The quantitative estimate of drug-likeness (QED) is 0.321. The van der Waals surface area contributed by atoms with Crippen molar-refractivity contribution in [2.45, 2.75) is 71.1 Å². The number of benzene rings is 1. The number of carbonyl (C=O) groups excluding carboxylic acids is 3. The van der Waals surface area contributed by atoms with Crippen LogP contribution in [0.3, 0.4) is 0 Å². The summed E-state index contributed by atoms with van der Waals surface area (Å²) in [6, 6.07) is 6.81. The molecule has 0 unspecified atom stereocenters. The third kappa shape index (κ3) is 8.64. The number of esters is 2. The average Bonchev–Trinajstić information content (AvgIpc) is 2.98. The van der Waals surface area contributed by atoms with Gasteiger partial charge in [-0.05, 0) is 56.7 Å². The Balaban J connectivity index is 1.78. The lowest BCUT2D eigenvalue weighted by atomic mass is 9.87. The van der Waals surface area contributed by atoms with Crippen molar-refractivity contribution in [2.24, 2.45) is 5.92 Å². The molecular weight excluding hydrogens is 523 g/mol. The van der Waals surface area contributed by atoms with E-state index >= 15 is 0 Å². The second-order valence-corrected chi connectivity index (χ2v) is 9.59. The number of carbonyl (C=O) groups is 3. The van der Waals surface area contributed by atoms with E-state index in [2.05, 4.69) is 10.3 Å². The number of nitrogens with one attached hydrogen (secondary N) is 1. The number of nitrogens with zero attached hydrogens (tertiary/aromatic N) is 1. The predicted octanol–water partition coefficient (Wildman–Crippen LogP) is 4.00. The largest absolute Gasteiger partial charge is 0.493 e. The van der Waals surface area contributed by atoms with E-state index in [1.807, 2.05) is 13.8 Å². The number of hydrogen-bond acceptors (Lipinski definition) is 9. The van der Waals surface area contributed by atoms with Crippen LogP contribution in [0, 0.1) is 11.7 Å². The van der Waals surface area contributed by atoms with Crippen LogP contribution in [0.15, 0.2) is 36.5 Å². The number of halogens is 1. The summed E-state index contributed by atoms with van der Waals surface area (Å²) in [6.45, 7) is 5.17. The van der Waals surface area contributed by atoms with Crippen LogP contribution in [0.1, 0.15) is 62.5 Å². The molecule has 11 heteroatoms. The van der Waals surface area contributed by atoms with Crippen LogP contribution in [-0.4, -0.2) is 61.6 Å². The van der Waals surface area contributed by atoms with Gasteiger partial charge in [-0.15, -0.1) is 0 Å². The summed E-state index contributed by atoms with van der Waals surface area (Å²) in [5, 5.41) is 2.72. The molecule has 0 spiro atoms. The van der Waals surface area contributed by atoms with Crippen molar-refractivity contribution in [1.82, 2.24) is 10.3 Å². The molecular formula is C29H37FN2O8. The number of cyclic esters (lactones) is 1. The van der Waals surface area contributed by atoms with Gasteiger partial charge in [-0.25, -0.2) is 14.2 Å². The molecule has 4 atom stereocenters. The van der Waals surface area contributed by atoms with Crippen LogP contribution in [0.25, 0.3) is 0 Å². The van der Waals surface area contributed by atoms with Crippen LogP contribution in [0.4, 0.5) is 4.39 Å². The van der Waals surface area contributed by atoms with E-state index in [0.717, 1.165) is 12.0 Å². The first-order valence-corrected chi connectivity index (χ1v) is 13.4. The summed E-state index contributed by atoms with van der Waals surface area (Å²) >= 11 is 0. The number of aromatic nitrogens is 1.